The first-order valence-electron chi connectivity index (χ1n) is 5.58. The van der Waals surface area contributed by atoms with E-state index in [0.717, 1.165) is 0 Å². The van der Waals surface area contributed by atoms with E-state index in [1.54, 1.807) is 28.8 Å². The summed E-state index contributed by atoms with van der Waals surface area (Å²) in [7, 11) is 0. The highest BCUT2D eigenvalue weighted by Crippen LogP contribution is 2.14. The predicted molar refractivity (Wildman–Crippen MR) is 68.0 cm³/mol. The second-order valence-corrected chi connectivity index (χ2v) is 3.78. The standard InChI is InChI=1S/C13H11N5O/c14-7-12-13(8-15)18(9-17-12)4-5-19-11-3-1-2-10(16)6-11/h1-3,6,9H,4-5,16H2. The molecule has 0 radical (unpaired) electrons. The van der Waals surface area contributed by atoms with Gasteiger partial charge in [0.05, 0.1) is 12.9 Å². The molecule has 0 aliphatic heterocycles. The summed E-state index contributed by atoms with van der Waals surface area (Å²) in [4.78, 5) is 3.85. The number of anilines is 1. The third kappa shape index (κ3) is 2.82. The van der Waals surface area contributed by atoms with Crippen LogP contribution >= 0.6 is 0 Å². The smallest absolute Gasteiger partial charge is 0.176 e. The van der Waals surface area contributed by atoms with Crippen molar-refractivity contribution >= 4 is 5.69 Å². The Morgan fingerprint density at radius 1 is 1.32 bits per heavy atom. The van der Waals surface area contributed by atoms with Crippen molar-refractivity contribution in [2.24, 2.45) is 0 Å². The van der Waals surface area contributed by atoms with E-state index in [1.165, 1.54) is 6.33 Å². The van der Waals surface area contributed by atoms with E-state index < -0.39 is 0 Å². The van der Waals surface area contributed by atoms with Gasteiger partial charge in [-0.15, -0.1) is 0 Å². The molecule has 1 aromatic heterocycles. The molecule has 19 heavy (non-hydrogen) atoms. The van der Waals surface area contributed by atoms with Gasteiger partial charge in [-0.25, -0.2) is 4.98 Å². The van der Waals surface area contributed by atoms with Gasteiger partial charge in [0.25, 0.3) is 0 Å². The lowest BCUT2D eigenvalue weighted by molar-refractivity contribution is 0.298. The van der Waals surface area contributed by atoms with Crippen molar-refractivity contribution in [3.8, 4) is 17.9 Å². The molecular weight excluding hydrogens is 242 g/mol. The molecule has 0 aliphatic rings. The lowest BCUT2D eigenvalue weighted by Gasteiger charge is -2.07. The van der Waals surface area contributed by atoms with Crippen LogP contribution in [0.25, 0.3) is 0 Å². The molecular formula is C13H11N5O. The largest absolute Gasteiger partial charge is 0.492 e. The van der Waals surface area contributed by atoms with E-state index in [4.69, 9.17) is 21.0 Å². The fourth-order valence-corrected chi connectivity index (χ4v) is 1.62. The number of nitrogen functional groups attached to an aromatic ring is 1. The zero-order valence-electron chi connectivity index (χ0n) is 10.1. The summed E-state index contributed by atoms with van der Waals surface area (Å²) in [6.07, 6.45) is 1.46. The molecule has 2 rings (SSSR count). The zero-order valence-corrected chi connectivity index (χ0v) is 10.1. The van der Waals surface area contributed by atoms with Gasteiger partial charge in [-0.2, -0.15) is 10.5 Å². The lowest BCUT2D eigenvalue weighted by atomic mass is 10.3. The van der Waals surface area contributed by atoms with Gasteiger partial charge in [0.15, 0.2) is 11.4 Å². The normalized spacial score (nSPS) is 9.58. The van der Waals surface area contributed by atoms with Crippen LogP contribution in [-0.2, 0) is 6.54 Å². The fourth-order valence-electron chi connectivity index (χ4n) is 1.62. The second kappa shape index (κ2) is 5.56. The summed E-state index contributed by atoms with van der Waals surface area (Å²) in [5.41, 5.74) is 6.64. The number of rotatable bonds is 4. The maximum Gasteiger partial charge on any atom is 0.176 e. The Bertz CT molecular complexity index is 662. The quantitative estimate of drug-likeness (QED) is 0.827. The van der Waals surface area contributed by atoms with Crippen molar-refractivity contribution in [2.45, 2.75) is 6.54 Å². The van der Waals surface area contributed by atoms with Crippen molar-refractivity contribution < 1.29 is 4.74 Å². The lowest BCUT2D eigenvalue weighted by Crippen LogP contribution is -2.09. The number of hydrogen-bond donors (Lipinski definition) is 1. The van der Waals surface area contributed by atoms with Crippen LogP contribution in [0.5, 0.6) is 5.75 Å². The first kappa shape index (κ1) is 12.5. The molecule has 0 atom stereocenters. The Kier molecular flexibility index (Phi) is 3.65. The molecule has 94 valence electrons. The Morgan fingerprint density at radius 3 is 2.84 bits per heavy atom. The minimum Gasteiger partial charge on any atom is -0.492 e. The average Bonchev–Trinajstić information content (AvgIpc) is 2.81. The van der Waals surface area contributed by atoms with E-state index >= 15 is 0 Å². The molecule has 2 N–H and O–H groups in total. The van der Waals surface area contributed by atoms with E-state index in [0.29, 0.717) is 24.6 Å². The average molecular weight is 253 g/mol. The van der Waals surface area contributed by atoms with E-state index in [9.17, 15) is 0 Å². The predicted octanol–water partition coefficient (Wildman–Crippen LogP) is 1.29. The molecule has 0 saturated carbocycles. The molecule has 1 heterocycles. The number of benzene rings is 1. The number of imidazole rings is 1. The van der Waals surface area contributed by atoms with Crippen LogP contribution in [0.2, 0.25) is 0 Å². The van der Waals surface area contributed by atoms with Gasteiger partial charge in [-0.3, -0.25) is 0 Å². The van der Waals surface area contributed by atoms with Gasteiger partial charge in [0.2, 0.25) is 0 Å². The van der Waals surface area contributed by atoms with Crippen molar-refractivity contribution in [1.82, 2.24) is 9.55 Å². The van der Waals surface area contributed by atoms with E-state index in [2.05, 4.69) is 4.98 Å². The highest BCUT2D eigenvalue weighted by Gasteiger charge is 2.09. The Morgan fingerprint density at radius 2 is 2.16 bits per heavy atom. The molecule has 0 unspecified atom stereocenters. The molecule has 0 bridgehead atoms. The highest BCUT2D eigenvalue weighted by molar-refractivity contribution is 5.43. The third-order valence-corrected chi connectivity index (χ3v) is 2.51. The van der Waals surface area contributed by atoms with Crippen LogP contribution in [0.15, 0.2) is 30.6 Å². The summed E-state index contributed by atoms with van der Waals surface area (Å²) in [6.45, 7) is 0.797. The summed E-state index contributed by atoms with van der Waals surface area (Å²) in [5.74, 6) is 0.666. The molecule has 0 fully saturated rings. The number of aromatic nitrogens is 2. The molecule has 2 aromatic rings. The third-order valence-electron chi connectivity index (χ3n) is 2.51. The fraction of sp³-hybridized carbons (Fsp3) is 0.154. The molecule has 0 saturated heterocycles. The summed E-state index contributed by atoms with van der Waals surface area (Å²) in [5, 5.41) is 17.7. The van der Waals surface area contributed by atoms with Crippen molar-refractivity contribution in [1.29, 1.82) is 10.5 Å². The van der Waals surface area contributed by atoms with Gasteiger partial charge in [-0.1, -0.05) is 6.07 Å². The van der Waals surface area contributed by atoms with Gasteiger partial charge < -0.3 is 15.0 Å². The number of hydrogen-bond acceptors (Lipinski definition) is 5. The number of ether oxygens (including phenoxy) is 1. The molecule has 1 aromatic carbocycles. The Balaban J connectivity index is 1.99. The Labute approximate surface area is 110 Å². The zero-order chi connectivity index (χ0) is 13.7. The van der Waals surface area contributed by atoms with Crippen LogP contribution in [0.4, 0.5) is 5.69 Å². The number of nitrogens with zero attached hydrogens (tertiary/aromatic N) is 4. The minimum absolute atomic E-state index is 0.131. The van der Waals surface area contributed by atoms with Crippen LogP contribution in [0, 0.1) is 22.7 Å². The summed E-state index contributed by atoms with van der Waals surface area (Å²) < 4.78 is 7.10. The van der Waals surface area contributed by atoms with Crippen molar-refractivity contribution in [3.63, 3.8) is 0 Å². The number of nitrogens with two attached hydrogens (primary N) is 1. The van der Waals surface area contributed by atoms with E-state index in [1.807, 2.05) is 12.1 Å². The summed E-state index contributed by atoms with van der Waals surface area (Å²) >= 11 is 0. The van der Waals surface area contributed by atoms with Gasteiger partial charge in [0.1, 0.15) is 24.5 Å². The maximum atomic E-state index is 8.95. The van der Waals surface area contributed by atoms with Gasteiger partial charge in [0, 0.05) is 11.8 Å². The van der Waals surface area contributed by atoms with Gasteiger partial charge in [-0.05, 0) is 12.1 Å². The molecule has 6 nitrogen and oxygen atoms in total. The minimum atomic E-state index is 0.131. The monoisotopic (exact) mass is 253 g/mol. The SMILES string of the molecule is N#Cc1ncn(CCOc2cccc(N)c2)c1C#N. The van der Waals surface area contributed by atoms with Crippen LogP contribution < -0.4 is 10.5 Å². The van der Waals surface area contributed by atoms with E-state index in [-0.39, 0.29) is 11.4 Å². The van der Waals surface area contributed by atoms with Crippen LogP contribution in [-0.4, -0.2) is 16.2 Å². The van der Waals surface area contributed by atoms with Gasteiger partial charge >= 0.3 is 0 Å². The highest BCUT2D eigenvalue weighted by atomic mass is 16.5. The van der Waals surface area contributed by atoms with Crippen LogP contribution in [0.3, 0.4) is 0 Å². The van der Waals surface area contributed by atoms with Crippen molar-refractivity contribution in [3.05, 3.63) is 42.0 Å². The molecule has 6 heteroatoms. The first-order chi connectivity index (χ1) is 9.24. The molecule has 0 aliphatic carbocycles. The maximum absolute atomic E-state index is 8.95. The molecule has 0 amide bonds. The Hall–Kier alpha value is -2.99. The topological polar surface area (TPSA) is 101 Å². The number of nitriles is 2. The second-order valence-electron chi connectivity index (χ2n) is 3.78. The first-order valence-corrected chi connectivity index (χ1v) is 5.58. The van der Waals surface area contributed by atoms with Crippen LogP contribution in [0.1, 0.15) is 11.4 Å². The summed E-state index contributed by atoms with van der Waals surface area (Å²) in [6, 6.07) is 10.9. The van der Waals surface area contributed by atoms with Crippen molar-refractivity contribution in [2.75, 3.05) is 12.3 Å². The molecule has 0 spiro atoms.